The molecule has 0 bridgehead atoms. The predicted molar refractivity (Wildman–Crippen MR) is 97.1 cm³/mol. The van der Waals surface area contributed by atoms with Crippen molar-refractivity contribution in [2.75, 3.05) is 6.61 Å². The fraction of sp³-hybridized carbons (Fsp3) is 1.00. The van der Waals surface area contributed by atoms with E-state index in [2.05, 4.69) is 13.8 Å². The zero-order valence-electron chi connectivity index (χ0n) is 16.7. The number of ether oxygens (including phenoxy) is 6. The Morgan fingerprint density at radius 2 is 1.44 bits per heavy atom. The van der Waals surface area contributed by atoms with Gasteiger partial charge < -0.3 is 28.4 Å². The third-order valence-corrected chi connectivity index (χ3v) is 6.79. The minimum Gasteiger partial charge on any atom is -0.370 e. The molecule has 154 valence electrons. The molecular formula is C21H34O6. The summed E-state index contributed by atoms with van der Waals surface area (Å²) in [6, 6.07) is 0. The summed E-state index contributed by atoms with van der Waals surface area (Å²) < 4.78 is 38.1. The molecule has 27 heavy (non-hydrogen) atoms. The van der Waals surface area contributed by atoms with Crippen molar-refractivity contribution in [3.05, 3.63) is 0 Å². The Balaban J connectivity index is 1.30. The van der Waals surface area contributed by atoms with E-state index in [1.165, 1.54) is 25.7 Å². The molecule has 0 aromatic heterocycles. The first kappa shape index (κ1) is 18.8. The van der Waals surface area contributed by atoms with E-state index >= 15 is 0 Å². The van der Waals surface area contributed by atoms with Crippen LogP contribution in [-0.2, 0) is 28.4 Å². The fourth-order valence-electron chi connectivity index (χ4n) is 5.54. The molecule has 2 saturated carbocycles. The van der Waals surface area contributed by atoms with Gasteiger partial charge in [0.15, 0.2) is 17.9 Å². The molecule has 2 aliphatic carbocycles. The predicted octanol–water partition coefficient (Wildman–Crippen LogP) is 3.66. The highest BCUT2D eigenvalue weighted by Gasteiger charge is 2.61. The monoisotopic (exact) mass is 382 g/mol. The lowest BCUT2D eigenvalue weighted by Gasteiger charge is -2.36. The zero-order chi connectivity index (χ0) is 18.5. The van der Waals surface area contributed by atoms with E-state index in [1.54, 1.807) is 0 Å². The quantitative estimate of drug-likeness (QED) is 0.743. The van der Waals surface area contributed by atoms with E-state index in [-0.39, 0.29) is 36.8 Å². The molecule has 3 aliphatic heterocycles. The highest BCUT2D eigenvalue weighted by atomic mass is 16.9. The molecule has 6 heteroatoms. The van der Waals surface area contributed by atoms with Crippen LogP contribution in [0.3, 0.4) is 0 Å². The lowest BCUT2D eigenvalue weighted by atomic mass is 9.94. The van der Waals surface area contributed by atoms with Crippen molar-refractivity contribution in [1.82, 2.24) is 0 Å². The van der Waals surface area contributed by atoms with Crippen LogP contribution in [0.5, 0.6) is 0 Å². The number of hydrogen-bond donors (Lipinski definition) is 0. The van der Waals surface area contributed by atoms with E-state index in [4.69, 9.17) is 28.4 Å². The van der Waals surface area contributed by atoms with Crippen molar-refractivity contribution < 1.29 is 28.4 Å². The van der Waals surface area contributed by atoms with Crippen LogP contribution in [0.25, 0.3) is 0 Å². The second kappa shape index (κ2) is 7.22. The largest absolute Gasteiger partial charge is 0.370 e. The second-order valence-electron chi connectivity index (χ2n) is 9.23. The Hall–Kier alpha value is -0.240. The molecule has 0 N–H and O–H groups in total. The SMILES string of the molecule is CC(C)OC1[C@@H](C2COC3(CCCCC3)O2)O[C@@H]2OC3(CCCCC3)O[C@H]12. The molecular weight excluding hydrogens is 348 g/mol. The van der Waals surface area contributed by atoms with Gasteiger partial charge in [-0.25, -0.2) is 0 Å². The molecule has 2 spiro atoms. The van der Waals surface area contributed by atoms with Gasteiger partial charge in [0.25, 0.3) is 0 Å². The van der Waals surface area contributed by atoms with Crippen LogP contribution in [0.2, 0.25) is 0 Å². The molecule has 5 rings (SSSR count). The van der Waals surface area contributed by atoms with Crippen molar-refractivity contribution in [3.63, 3.8) is 0 Å². The van der Waals surface area contributed by atoms with E-state index < -0.39 is 11.6 Å². The fourth-order valence-corrected chi connectivity index (χ4v) is 5.54. The van der Waals surface area contributed by atoms with Crippen molar-refractivity contribution >= 4 is 0 Å². The van der Waals surface area contributed by atoms with E-state index in [9.17, 15) is 0 Å². The molecule has 2 unspecified atom stereocenters. The molecule has 5 aliphatic rings. The summed E-state index contributed by atoms with van der Waals surface area (Å²) in [6.07, 6.45) is 10.1. The molecule has 0 aromatic carbocycles. The zero-order valence-corrected chi connectivity index (χ0v) is 16.7. The molecule has 0 radical (unpaired) electrons. The Bertz CT molecular complexity index is 525. The highest BCUT2D eigenvalue weighted by molar-refractivity contribution is 5.01. The third kappa shape index (κ3) is 3.47. The van der Waals surface area contributed by atoms with Crippen LogP contribution in [0.1, 0.15) is 78.1 Å². The number of fused-ring (bicyclic) bond motifs is 1. The van der Waals surface area contributed by atoms with Crippen LogP contribution in [0.15, 0.2) is 0 Å². The average Bonchev–Trinajstić information content (AvgIpc) is 3.29. The summed E-state index contributed by atoms with van der Waals surface area (Å²) in [5.74, 6) is -0.868. The second-order valence-corrected chi connectivity index (χ2v) is 9.23. The minimum atomic E-state index is -0.464. The van der Waals surface area contributed by atoms with Crippen molar-refractivity contribution in [2.45, 2.75) is 126 Å². The maximum atomic E-state index is 6.49. The highest BCUT2D eigenvalue weighted by Crippen LogP contribution is 2.48. The summed E-state index contributed by atoms with van der Waals surface area (Å²) in [7, 11) is 0. The Labute approximate surface area is 162 Å². The number of rotatable bonds is 3. The normalized spacial score (nSPS) is 43.0. The Morgan fingerprint density at radius 3 is 2.11 bits per heavy atom. The van der Waals surface area contributed by atoms with Gasteiger partial charge in [-0.05, 0) is 39.5 Å². The van der Waals surface area contributed by atoms with Gasteiger partial charge in [0.2, 0.25) is 0 Å². The summed E-state index contributed by atoms with van der Waals surface area (Å²) in [5.41, 5.74) is 0. The van der Waals surface area contributed by atoms with Gasteiger partial charge in [0, 0.05) is 25.7 Å². The van der Waals surface area contributed by atoms with Crippen LogP contribution in [-0.4, -0.2) is 55.0 Å². The van der Waals surface area contributed by atoms with Crippen LogP contribution in [0, 0.1) is 0 Å². The molecule has 3 heterocycles. The molecule has 5 fully saturated rings. The Morgan fingerprint density at radius 1 is 0.778 bits per heavy atom. The summed E-state index contributed by atoms with van der Waals surface area (Å²) >= 11 is 0. The van der Waals surface area contributed by atoms with Gasteiger partial charge in [-0.3, -0.25) is 0 Å². The van der Waals surface area contributed by atoms with Crippen molar-refractivity contribution in [3.8, 4) is 0 Å². The van der Waals surface area contributed by atoms with Crippen LogP contribution >= 0.6 is 0 Å². The van der Waals surface area contributed by atoms with Gasteiger partial charge in [0.1, 0.15) is 24.4 Å². The van der Waals surface area contributed by atoms with Crippen LogP contribution < -0.4 is 0 Å². The van der Waals surface area contributed by atoms with E-state index in [1.807, 2.05) is 0 Å². The maximum Gasteiger partial charge on any atom is 0.190 e. The smallest absolute Gasteiger partial charge is 0.190 e. The molecule has 5 atom stereocenters. The molecule has 0 amide bonds. The van der Waals surface area contributed by atoms with E-state index in [0.717, 1.165) is 38.5 Å². The molecule has 3 saturated heterocycles. The first-order valence-electron chi connectivity index (χ1n) is 11.1. The topological polar surface area (TPSA) is 55.4 Å². The van der Waals surface area contributed by atoms with Gasteiger partial charge in [0.05, 0.1) is 12.7 Å². The summed E-state index contributed by atoms with van der Waals surface area (Å²) in [6.45, 7) is 4.68. The molecule has 6 nitrogen and oxygen atoms in total. The summed E-state index contributed by atoms with van der Waals surface area (Å²) in [5, 5.41) is 0. The van der Waals surface area contributed by atoms with Gasteiger partial charge in [-0.2, -0.15) is 0 Å². The van der Waals surface area contributed by atoms with Gasteiger partial charge >= 0.3 is 0 Å². The lowest BCUT2D eigenvalue weighted by Crippen LogP contribution is -2.46. The first-order valence-corrected chi connectivity index (χ1v) is 11.1. The standard InChI is InChI=1S/C21H34O6/c1-14(2)23-17-16(15-13-22-20(25-15)9-5-3-6-10-20)24-19-18(17)26-21(27-19)11-7-4-8-12-21/h14-19H,3-13H2,1-2H3/t15?,16-,17?,18-,19-/m1/s1. The lowest BCUT2D eigenvalue weighted by molar-refractivity contribution is -0.264. The molecule has 0 aromatic rings. The van der Waals surface area contributed by atoms with Crippen molar-refractivity contribution in [1.29, 1.82) is 0 Å². The Kier molecular flexibility index (Phi) is 5.02. The summed E-state index contributed by atoms with van der Waals surface area (Å²) in [4.78, 5) is 0. The maximum absolute atomic E-state index is 6.49. The first-order chi connectivity index (χ1) is 13.1. The third-order valence-electron chi connectivity index (χ3n) is 6.79. The van der Waals surface area contributed by atoms with Crippen molar-refractivity contribution in [2.24, 2.45) is 0 Å². The van der Waals surface area contributed by atoms with E-state index in [0.29, 0.717) is 6.61 Å². The average molecular weight is 382 g/mol. The number of hydrogen-bond acceptors (Lipinski definition) is 6. The van der Waals surface area contributed by atoms with Gasteiger partial charge in [-0.15, -0.1) is 0 Å². The van der Waals surface area contributed by atoms with Gasteiger partial charge in [-0.1, -0.05) is 12.8 Å². The van der Waals surface area contributed by atoms with Crippen LogP contribution in [0.4, 0.5) is 0 Å². The minimum absolute atomic E-state index is 0.0947.